The van der Waals surface area contributed by atoms with Crippen LogP contribution in [-0.2, 0) is 60.8 Å². The zero-order valence-corrected chi connectivity index (χ0v) is 46.4. The molecule has 1 heterocycles. The van der Waals surface area contributed by atoms with Crippen molar-refractivity contribution in [2.45, 2.75) is 37.9 Å². The Morgan fingerprint density at radius 3 is 1.46 bits per heavy atom. The number of nitrogens with zero attached hydrogens (tertiary/aromatic N) is 4. The monoisotopic (exact) mass is 1150 g/mol. The van der Waals surface area contributed by atoms with Crippen LogP contribution < -0.4 is 42.8 Å². The number of guanidine groups is 1. The number of carbonyl (C=O) groups is 7. The normalized spacial score (nSPS) is 14.7. The molecule has 1 aliphatic heterocycles. The molecule has 27 heteroatoms. The third kappa shape index (κ3) is 29.3. The second kappa shape index (κ2) is 39.0. The quantitative estimate of drug-likeness (QED) is 0.0189. The molecule has 3 aromatic rings. The van der Waals surface area contributed by atoms with Gasteiger partial charge >= 0.3 is 23.9 Å². The number of nitrogens with one attached hydrogen (secondary N) is 6. The Morgan fingerprint density at radius 2 is 0.976 bits per heavy atom. The highest BCUT2D eigenvalue weighted by Crippen LogP contribution is 2.28. The molecule has 0 aliphatic carbocycles. The Balaban J connectivity index is 1.12. The minimum Gasteiger partial charge on any atom is -0.491 e. The first kappa shape index (κ1) is 67.0. The minimum absolute atomic E-state index is 0.00313. The van der Waals surface area contributed by atoms with E-state index in [-0.39, 0.29) is 123 Å². The summed E-state index contributed by atoms with van der Waals surface area (Å²) in [5.74, 6) is -4.62. The maximum Gasteiger partial charge on any atom is 0.317 e. The molecule has 1 unspecified atom stereocenters. The molecule has 3 aromatic carbocycles. The lowest BCUT2D eigenvalue weighted by Gasteiger charge is -2.32. The number of hydrogen-bond donors (Lipinski definition) is 11. The van der Waals surface area contributed by atoms with Gasteiger partial charge in [0.15, 0.2) is 5.96 Å². The lowest BCUT2D eigenvalue weighted by atomic mass is 9.90. The summed E-state index contributed by atoms with van der Waals surface area (Å²) in [6.07, 6.45) is 0.694. The van der Waals surface area contributed by atoms with Gasteiger partial charge in [-0.3, -0.25) is 53.8 Å². The van der Waals surface area contributed by atoms with E-state index in [2.05, 4.69) is 26.6 Å². The van der Waals surface area contributed by atoms with Crippen LogP contribution in [0.25, 0.3) is 0 Å². The summed E-state index contributed by atoms with van der Waals surface area (Å²) in [6, 6.07) is 22.1. The van der Waals surface area contributed by atoms with Crippen molar-refractivity contribution in [1.82, 2.24) is 46.2 Å². The highest BCUT2D eigenvalue weighted by molar-refractivity contribution is 5.92. The van der Waals surface area contributed by atoms with Gasteiger partial charge < -0.3 is 77.1 Å². The molecular formula is C55H82N12O15. The van der Waals surface area contributed by atoms with E-state index in [1.807, 2.05) is 65.6 Å². The number of nitrogens with two attached hydrogens (primary N) is 2. The number of rotatable bonds is 37. The lowest BCUT2D eigenvalue weighted by molar-refractivity contribution is -0.140. The van der Waals surface area contributed by atoms with Crippen LogP contribution in [0, 0.1) is 5.41 Å². The molecule has 452 valence electrons. The molecule has 0 aromatic heterocycles. The maximum absolute atomic E-state index is 14.3. The van der Waals surface area contributed by atoms with Crippen LogP contribution >= 0.6 is 0 Å². The summed E-state index contributed by atoms with van der Waals surface area (Å²) < 4.78 is 28.5. The second-order valence-electron chi connectivity index (χ2n) is 19.1. The van der Waals surface area contributed by atoms with Crippen LogP contribution in [0.15, 0.2) is 78.9 Å². The molecule has 0 bridgehead atoms. The summed E-state index contributed by atoms with van der Waals surface area (Å²) in [5, 5.41) is 49.8. The Morgan fingerprint density at radius 1 is 0.512 bits per heavy atom. The number of carboxylic acid groups (broad SMARTS) is 3. The number of ether oxygens (including phenoxy) is 5. The van der Waals surface area contributed by atoms with Gasteiger partial charge in [-0.1, -0.05) is 66.7 Å². The number of carbonyl (C=O) groups excluding carboxylic acids is 4. The predicted octanol–water partition coefficient (Wildman–Crippen LogP) is -0.912. The van der Waals surface area contributed by atoms with Gasteiger partial charge in [-0.05, 0) is 47.2 Å². The Labute approximate surface area is 477 Å². The third-order valence-corrected chi connectivity index (χ3v) is 12.7. The van der Waals surface area contributed by atoms with Crippen LogP contribution in [0.1, 0.15) is 41.0 Å². The van der Waals surface area contributed by atoms with Crippen molar-refractivity contribution < 1.29 is 72.6 Å². The highest BCUT2D eigenvalue weighted by atomic mass is 16.6. The number of hydrogen-bond acceptors (Lipinski definition) is 17. The van der Waals surface area contributed by atoms with Crippen molar-refractivity contribution in [3.05, 3.63) is 101 Å². The van der Waals surface area contributed by atoms with Gasteiger partial charge in [0.1, 0.15) is 18.4 Å². The Kier molecular flexibility index (Phi) is 31.9. The standard InChI is InChI=1S/C55H82N12O15/c56-54(57)60-15-5-10-46(52(75)61-35-41-11-13-42(14-12-41)36-62-55(58)77)63-53(76)51(43-6-2-1-3-7-43)44-8-4-9-45(34-44)82-33-32-81-31-30-80-29-28-79-27-26-78-25-16-59-47(68)37-64-17-19-65(38-48(69)70)21-23-67(40-50(73)74)24-22-66(20-18-64)39-49(71)72/h1-4,6-9,11-14,34,46,51H,5,10,15-33,35-40H2,(H,59,68)(H,61,75)(H,63,76)(H,69,70)(H,71,72)(H,73,74)(H4,56,57,60)(H3,58,62,77)/t46-,51?/m1/s1. The van der Waals surface area contributed by atoms with E-state index in [9.17, 15) is 48.9 Å². The fourth-order valence-corrected chi connectivity index (χ4v) is 8.54. The van der Waals surface area contributed by atoms with Crippen molar-refractivity contribution in [1.29, 1.82) is 5.41 Å². The first-order valence-electron chi connectivity index (χ1n) is 27.2. The highest BCUT2D eigenvalue weighted by Gasteiger charge is 2.29. The molecule has 0 radical (unpaired) electrons. The van der Waals surface area contributed by atoms with E-state index in [0.29, 0.717) is 89.1 Å². The topological polar surface area (TPSA) is 375 Å². The molecular weight excluding hydrogens is 1070 g/mol. The van der Waals surface area contributed by atoms with Crippen molar-refractivity contribution in [2.24, 2.45) is 11.5 Å². The van der Waals surface area contributed by atoms with E-state index >= 15 is 0 Å². The minimum atomic E-state index is -1.03. The molecule has 1 saturated heterocycles. The smallest absolute Gasteiger partial charge is 0.317 e. The fraction of sp³-hybridized carbons (Fsp3) is 0.527. The van der Waals surface area contributed by atoms with E-state index in [1.165, 1.54) is 0 Å². The van der Waals surface area contributed by atoms with Crippen molar-refractivity contribution in [3.63, 3.8) is 0 Å². The van der Waals surface area contributed by atoms with Gasteiger partial charge in [-0.15, -0.1) is 0 Å². The largest absolute Gasteiger partial charge is 0.491 e. The summed E-state index contributed by atoms with van der Waals surface area (Å²) in [5.41, 5.74) is 13.6. The van der Waals surface area contributed by atoms with Crippen LogP contribution in [0.4, 0.5) is 4.79 Å². The Bertz CT molecular complexity index is 2390. The first-order chi connectivity index (χ1) is 39.5. The van der Waals surface area contributed by atoms with Gasteiger partial charge in [0.25, 0.3) is 0 Å². The van der Waals surface area contributed by atoms with E-state index in [0.717, 1.165) is 11.1 Å². The molecule has 27 nitrogen and oxygen atoms in total. The maximum atomic E-state index is 14.3. The average molecular weight is 1150 g/mol. The molecule has 4 rings (SSSR count). The molecule has 1 fully saturated rings. The number of benzene rings is 3. The van der Waals surface area contributed by atoms with E-state index in [4.69, 9.17) is 40.6 Å². The van der Waals surface area contributed by atoms with Gasteiger partial charge in [0, 0.05) is 78.5 Å². The van der Waals surface area contributed by atoms with Gasteiger partial charge in [0.2, 0.25) is 17.7 Å². The van der Waals surface area contributed by atoms with Crippen molar-refractivity contribution >= 4 is 47.6 Å². The zero-order valence-electron chi connectivity index (χ0n) is 46.4. The lowest BCUT2D eigenvalue weighted by Crippen LogP contribution is -2.50. The van der Waals surface area contributed by atoms with Gasteiger partial charge in [-0.2, -0.15) is 0 Å². The zero-order chi connectivity index (χ0) is 59.3. The molecule has 5 amide bonds. The summed E-state index contributed by atoms with van der Waals surface area (Å²) in [6.45, 7) is 5.31. The number of urea groups is 1. The van der Waals surface area contributed by atoms with Crippen molar-refractivity contribution in [2.75, 3.05) is 151 Å². The van der Waals surface area contributed by atoms with Gasteiger partial charge in [-0.25, -0.2) is 4.79 Å². The fourth-order valence-electron chi connectivity index (χ4n) is 8.54. The molecule has 0 spiro atoms. The number of aliphatic carboxylic acids is 3. The SMILES string of the molecule is N=C(N)NCCC[C@@H](NC(=O)C(c1ccccc1)c1cccc(OCCOCCOCCOCCOCCNC(=O)CN2CCN(CC(=O)O)CCN(CC(=O)O)CCN(CC(=O)O)CC2)c1)C(=O)NCc1ccc(CNC(N)=O)cc1. The molecule has 1 aliphatic rings. The number of amides is 5. The van der Waals surface area contributed by atoms with E-state index in [1.54, 1.807) is 32.9 Å². The van der Waals surface area contributed by atoms with Crippen LogP contribution in [-0.4, -0.2) is 240 Å². The van der Waals surface area contributed by atoms with Gasteiger partial charge in [0.05, 0.1) is 85.0 Å². The number of carboxylic acids is 3. The van der Waals surface area contributed by atoms with Crippen molar-refractivity contribution in [3.8, 4) is 5.75 Å². The average Bonchev–Trinajstić information content (AvgIpc) is 3.51. The van der Waals surface area contributed by atoms with E-state index < -0.39 is 41.8 Å². The van der Waals surface area contributed by atoms with Crippen LogP contribution in [0.3, 0.4) is 0 Å². The van der Waals surface area contributed by atoms with Crippen LogP contribution in [0.2, 0.25) is 0 Å². The molecule has 13 N–H and O–H groups in total. The third-order valence-electron chi connectivity index (χ3n) is 12.7. The molecule has 0 saturated carbocycles. The predicted molar refractivity (Wildman–Crippen MR) is 301 cm³/mol. The molecule has 82 heavy (non-hydrogen) atoms. The summed E-state index contributed by atoms with van der Waals surface area (Å²) in [4.78, 5) is 93.4. The molecule has 2 atom stereocenters. The number of primary amides is 1. The Hall–Kier alpha value is -7.50. The van der Waals surface area contributed by atoms with Crippen LogP contribution in [0.5, 0.6) is 5.75 Å². The first-order valence-corrected chi connectivity index (χ1v) is 27.2. The second-order valence-corrected chi connectivity index (χ2v) is 19.1. The summed E-state index contributed by atoms with van der Waals surface area (Å²) >= 11 is 0. The summed E-state index contributed by atoms with van der Waals surface area (Å²) in [7, 11) is 0.